The predicted octanol–water partition coefficient (Wildman–Crippen LogP) is 4.99. The molecule has 1 atom stereocenters. The fourth-order valence-corrected chi connectivity index (χ4v) is 4.13. The Labute approximate surface area is 203 Å². The summed E-state index contributed by atoms with van der Waals surface area (Å²) in [4.78, 5) is 25.0. The van der Waals surface area contributed by atoms with Crippen LogP contribution in [0.2, 0.25) is 5.02 Å². The predicted molar refractivity (Wildman–Crippen MR) is 132 cm³/mol. The standard InChI is InChI=1S/C25H25ClN5O3/c1-16-12-28-25(3,30-17(2)32)11-20(16)24-29-22(15-31(33)14-18-7-6-10-27-13-18)23(34-24)19-8-4-5-9-21(19)26/h4-10,12-13H,11,14-15H2,1-3H3,(H,30,32)/q-1. The zero-order valence-corrected chi connectivity index (χ0v) is 20.0. The van der Waals surface area contributed by atoms with Gasteiger partial charge in [-0.25, -0.2) is 4.98 Å². The Morgan fingerprint density at radius 2 is 2.06 bits per heavy atom. The number of benzene rings is 1. The molecule has 0 fully saturated rings. The van der Waals surface area contributed by atoms with Crippen molar-refractivity contribution in [1.29, 1.82) is 0 Å². The molecule has 8 nitrogen and oxygen atoms in total. The number of halogens is 1. The Morgan fingerprint density at radius 1 is 1.26 bits per heavy atom. The summed E-state index contributed by atoms with van der Waals surface area (Å²) in [5.41, 5.74) is 2.79. The van der Waals surface area contributed by atoms with Crippen LogP contribution >= 0.6 is 11.6 Å². The molecule has 34 heavy (non-hydrogen) atoms. The van der Waals surface area contributed by atoms with E-state index in [1.165, 1.54) is 6.92 Å². The highest BCUT2D eigenvalue weighted by Gasteiger charge is 2.32. The van der Waals surface area contributed by atoms with E-state index in [0.717, 1.165) is 21.8 Å². The van der Waals surface area contributed by atoms with Crippen molar-refractivity contribution < 1.29 is 9.21 Å². The molecule has 0 saturated heterocycles. The molecule has 1 N–H and O–H groups in total. The number of hydrogen-bond donors (Lipinski definition) is 1. The number of amides is 1. The SMILES string of the molecule is CC(=O)NC1(C)CC(c2nc(CN([O-])Cc3cccnc3)c(-c3ccccc3Cl)o2)=C(C)C=N1. The van der Waals surface area contributed by atoms with Crippen LogP contribution in [0.3, 0.4) is 0 Å². The molecule has 0 radical (unpaired) electrons. The van der Waals surface area contributed by atoms with E-state index in [2.05, 4.69) is 15.3 Å². The zero-order chi connectivity index (χ0) is 24.3. The third kappa shape index (κ3) is 5.41. The molecule has 1 aliphatic heterocycles. The van der Waals surface area contributed by atoms with Gasteiger partial charge in [-0.15, -0.1) is 0 Å². The monoisotopic (exact) mass is 478 g/mol. The van der Waals surface area contributed by atoms with Crippen molar-refractivity contribution in [3.8, 4) is 11.3 Å². The quantitative estimate of drug-likeness (QED) is 0.479. The molecular formula is C25H25ClN5O3-. The highest BCUT2D eigenvalue weighted by Crippen LogP contribution is 2.37. The summed E-state index contributed by atoms with van der Waals surface area (Å²) >= 11 is 6.45. The Hall–Kier alpha value is -3.33. The molecule has 1 amide bonds. The minimum atomic E-state index is -0.815. The Kier molecular flexibility index (Phi) is 6.92. The molecule has 1 aliphatic rings. The van der Waals surface area contributed by atoms with E-state index in [0.29, 0.717) is 34.4 Å². The molecule has 1 aromatic carbocycles. The first-order chi connectivity index (χ1) is 16.2. The van der Waals surface area contributed by atoms with Crippen molar-refractivity contribution in [2.24, 2.45) is 4.99 Å². The lowest BCUT2D eigenvalue weighted by Gasteiger charge is -2.30. The minimum absolute atomic E-state index is 0.00231. The van der Waals surface area contributed by atoms with Crippen LogP contribution in [-0.2, 0) is 17.9 Å². The summed E-state index contributed by atoms with van der Waals surface area (Å²) in [6, 6.07) is 10.9. The summed E-state index contributed by atoms with van der Waals surface area (Å²) in [5, 5.41) is 17.1. The fourth-order valence-electron chi connectivity index (χ4n) is 3.91. The number of hydrogen-bond acceptors (Lipinski definition) is 7. The first-order valence-corrected chi connectivity index (χ1v) is 11.2. The molecule has 3 aromatic rings. The van der Waals surface area contributed by atoms with Crippen LogP contribution < -0.4 is 5.32 Å². The summed E-state index contributed by atoms with van der Waals surface area (Å²) in [6.07, 6.45) is 5.42. The van der Waals surface area contributed by atoms with Crippen molar-refractivity contribution in [1.82, 2.24) is 20.3 Å². The van der Waals surface area contributed by atoms with Gasteiger partial charge in [-0.3, -0.25) is 14.8 Å². The number of dihydropyridines is 1. The number of oxazole rings is 1. The molecule has 0 aliphatic carbocycles. The van der Waals surface area contributed by atoms with Crippen LogP contribution in [0, 0.1) is 5.21 Å². The third-order valence-electron chi connectivity index (χ3n) is 5.47. The third-order valence-corrected chi connectivity index (χ3v) is 5.80. The number of nitrogens with zero attached hydrogens (tertiary/aromatic N) is 4. The Balaban J connectivity index is 1.70. The first-order valence-electron chi connectivity index (χ1n) is 10.8. The maximum Gasteiger partial charge on any atom is 0.223 e. The Morgan fingerprint density at radius 3 is 2.76 bits per heavy atom. The van der Waals surface area contributed by atoms with Crippen LogP contribution in [0.25, 0.3) is 16.9 Å². The second-order valence-corrected chi connectivity index (χ2v) is 8.89. The summed E-state index contributed by atoms with van der Waals surface area (Å²) < 4.78 is 6.24. The number of rotatable bonds is 7. The van der Waals surface area contributed by atoms with Crippen LogP contribution in [-0.4, -0.2) is 32.8 Å². The maximum absolute atomic E-state index is 12.8. The lowest BCUT2D eigenvalue weighted by molar-refractivity contribution is -0.120. The molecule has 1 unspecified atom stereocenters. The molecule has 3 heterocycles. The van der Waals surface area contributed by atoms with E-state index in [-0.39, 0.29) is 19.0 Å². The molecule has 9 heteroatoms. The van der Waals surface area contributed by atoms with Crippen molar-refractivity contribution >= 4 is 29.3 Å². The zero-order valence-electron chi connectivity index (χ0n) is 19.2. The van der Waals surface area contributed by atoms with Gasteiger partial charge in [0.25, 0.3) is 0 Å². The summed E-state index contributed by atoms with van der Waals surface area (Å²) in [7, 11) is 0. The van der Waals surface area contributed by atoms with Crippen LogP contribution in [0.1, 0.15) is 44.3 Å². The normalized spacial score (nSPS) is 17.9. The van der Waals surface area contributed by atoms with Gasteiger partial charge in [0, 0.05) is 56.2 Å². The van der Waals surface area contributed by atoms with E-state index in [1.54, 1.807) is 30.7 Å². The number of nitrogens with one attached hydrogen (secondary N) is 1. The first kappa shape index (κ1) is 23.8. The van der Waals surface area contributed by atoms with E-state index in [9.17, 15) is 10.0 Å². The highest BCUT2D eigenvalue weighted by atomic mass is 35.5. The number of carbonyl (C=O) groups is 1. The lowest BCUT2D eigenvalue weighted by atomic mass is 9.95. The van der Waals surface area contributed by atoms with E-state index in [1.807, 2.05) is 38.1 Å². The van der Waals surface area contributed by atoms with Gasteiger partial charge in [-0.05, 0) is 43.2 Å². The number of aliphatic imine (C=N–C) groups is 1. The number of aromatic nitrogens is 2. The van der Waals surface area contributed by atoms with E-state index < -0.39 is 5.66 Å². The molecule has 2 aromatic heterocycles. The van der Waals surface area contributed by atoms with Crippen molar-refractivity contribution in [2.75, 3.05) is 0 Å². The molecule has 0 bridgehead atoms. The number of pyridine rings is 1. The van der Waals surface area contributed by atoms with Gasteiger partial charge in [-0.2, -0.15) is 0 Å². The van der Waals surface area contributed by atoms with Crippen LogP contribution in [0.5, 0.6) is 0 Å². The number of carbonyl (C=O) groups excluding carboxylic acids is 1. The van der Waals surface area contributed by atoms with Crippen LogP contribution in [0.4, 0.5) is 0 Å². The topological polar surface area (TPSA) is 107 Å². The summed E-state index contributed by atoms with van der Waals surface area (Å²) in [5.74, 6) is 0.636. The molecule has 0 saturated carbocycles. The van der Waals surface area contributed by atoms with Gasteiger partial charge < -0.3 is 20.0 Å². The number of hydroxylamine groups is 2. The summed E-state index contributed by atoms with van der Waals surface area (Å²) in [6.45, 7) is 5.36. The van der Waals surface area contributed by atoms with Gasteiger partial charge in [0.15, 0.2) is 5.76 Å². The highest BCUT2D eigenvalue weighted by molar-refractivity contribution is 6.33. The second-order valence-electron chi connectivity index (χ2n) is 8.49. The number of allylic oxidation sites excluding steroid dienone is 1. The lowest BCUT2D eigenvalue weighted by Crippen LogP contribution is -2.44. The van der Waals surface area contributed by atoms with Crippen molar-refractivity contribution in [3.63, 3.8) is 0 Å². The average Bonchev–Trinajstić information content (AvgIpc) is 3.19. The smallest absolute Gasteiger partial charge is 0.223 e. The minimum Gasteiger partial charge on any atom is -0.785 e. The Bertz CT molecular complexity index is 1250. The van der Waals surface area contributed by atoms with Crippen LogP contribution in [0.15, 0.2) is 63.8 Å². The van der Waals surface area contributed by atoms with Gasteiger partial charge in [0.1, 0.15) is 11.4 Å². The molecule has 176 valence electrons. The van der Waals surface area contributed by atoms with Gasteiger partial charge >= 0.3 is 0 Å². The van der Waals surface area contributed by atoms with E-state index >= 15 is 0 Å². The molecule has 4 rings (SSSR count). The largest absolute Gasteiger partial charge is 0.785 e. The van der Waals surface area contributed by atoms with Crippen molar-refractivity contribution in [2.45, 2.75) is 45.9 Å². The maximum atomic E-state index is 12.8. The fraction of sp³-hybridized carbons (Fsp3) is 0.280. The van der Waals surface area contributed by atoms with E-state index in [4.69, 9.17) is 21.0 Å². The van der Waals surface area contributed by atoms with Gasteiger partial charge in [0.05, 0.1) is 5.02 Å². The van der Waals surface area contributed by atoms with Gasteiger partial charge in [0.2, 0.25) is 11.8 Å². The second kappa shape index (κ2) is 9.89. The molecule has 0 spiro atoms. The van der Waals surface area contributed by atoms with Crippen molar-refractivity contribution in [3.05, 3.63) is 81.7 Å². The van der Waals surface area contributed by atoms with Gasteiger partial charge in [-0.1, -0.05) is 29.8 Å². The average molecular weight is 479 g/mol. The molecular weight excluding hydrogens is 454 g/mol.